The van der Waals surface area contributed by atoms with Crippen molar-refractivity contribution in [2.24, 2.45) is 0 Å². The van der Waals surface area contributed by atoms with Crippen LogP contribution < -0.4 is 4.90 Å². The van der Waals surface area contributed by atoms with Crippen molar-refractivity contribution in [2.75, 3.05) is 11.4 Å². The molecule has 2 rings (SSSR count). The van der Waals surface area contributed by atoms with E-state index in [-0.39, 0.29) is 18.9 Å². The van der Waals surface area contributed by atoms with E-state index in [2.05, 4.69) is 9.97 Å². The van der Waals surface area contributed by atoms with Crippen LogP contribution in [0.3, 0.4) is 0 Å². The molecule has 1 aromatic rings. The number of aromatic nitrogens is 2. The minimum atomic E-state index is -3.72. The molecule has 1 unspecified atom stereocenters. The Bertz CT molecular complexity index is 548. The van der Waals surface area contributed by atoms with Gasteiger partial charge in [0, 0.05) is 23.6 Å². The van der Waals surface area contributed by atoms with E-state index in [1.807, 2.05) is 22.6 Å². The van der Waals surface area contributed by atoms with Gasteiger partial charge in [0.25, 0.3) is 0 Å². The SMILES string of the molecule is O=C1CC(S(=O)(=O)Cl)CN1c1cnc(I)cn1. The number of nitrogens with zero attached hydrogens (tertiary/aromatic N) is 3. The second-order valence-electron chi connectivity index (χ2n) is 3.50. The Hall–Kier alpha value is -0.480. The molecule has 1 atom stereocenters. The number of carbonyl (C=O) groups excluding carboxylic acids is 1. The molecule has 0 saturated carbocycles. The van der Waals surface area contributed by atoms with Crippen LogP contribution in [0.4, 0.5) is 5.82 Å². The number of anilines is 1. The van der Waals surface area contributed by atoms with Crippen LogP contribution in [0.15, 0.2) is 12.4 Å². The van der Waals surface area contributed by atoms with Crippen LogP contribution in [0.5, 0.6) is 0 Å². The molecule has 0 spiro atoms. The quantitative estimate of drug-likeness (QED) is 0.553. The van der Waals surface area contributed by atoms with Gasteiger partial charge in [0.2, 0.25) is 15.0 Å². The van der Waals surface area contributed by atoms with Crippen LogP contribution in [0.2, 0.25) is 0 Å². The largest absolute Gasteiger partial charge is 0.294 e. The smallest absolute Gasteiger partial charge is 0.237 e. The molecule has 0 aromatic carbocycles. The highest BCUT2D eigenvalue weighted by atomic mass is 127. The van der Waals surface area contributed by atoms with Gasteiger partial charge in [-0.15, -0.1) is 0 Å². The summed E-state index contributed by atoms with van der Waals surface area (Å²) >= 11 is 1.99. The van der Waals surface area contributed by atoms with Gasteiger partial charge in [0.05, 0.1) is 12.4 Å². The zero-order valence-electron chi connectivity index (χ0n) is 8.38. The van der Waals surface area contributed by atoms with Crippen molar-refractivity contribution in [3.05, 3.63) is 16.1 Å². The Kier molecular flexibility index (Phi) is 3.55. The third-order valence-corrected chi connectivity index (χ3v) is 4.80. The molecular weight excluding hydrogens is 381 g/mol. The van der Waals surface area contributed by atoms with E-state index in [0.717, 1.165) is 0 Å². The Morgan fingerprint density at radius 3 is 2.59 bits per heavy atom. The Labute approximate surface area is 116 Å². The molecule has 1 aromatic heterocycles. The predicted molar refractivity (Wildman–Crippen MR) is 70.3 cm³/mol. The molecule has 2 heterocycles. The van der Waals surface area contributed by atoms with Gasteiger partial charge >= 0.3 is 0 Å². The van der Waals surface area contributed by atoms with Crippen molar-refractivity contribution in [1.82, 2.24) is 9.97 Å². The van der Waals surface area contributed by atoms with Crippen LogP contribution in [-0.4, -0.2) is 36.1 Å². The fraction of sp³-hybridized carbons (Fsp3) is 0.375. The minimum Gasteiger partial charge on any atom is -0.294 e. The number of carbonyl (C=O) groups is 1. The zero-order valence-corrected chi connectivity index (χ0v) is 12.1. The highest BCUT2D eigenvalue weighted by molar-refractivity contribution is 14.1. The van der Waals surface area contributed by atoms with Crippen molar-refractivity contribution in [3.8, 4) is 0 Å². The lowest BCUT2D eigenvalue weighted by Gasteiger charge is -2.13. The van der Waals surface area contributed by atoms with E-state index in [9.17, 15) is 13.2 Å². The van der Waals surface area contributed by atoms with Gasteiger partial charge in [-0.05, 0) is 22.6 Å². The summed E-state index contributed by atoms with van der Waals surface area (Å²) in [6, 6.07) is 0. The summed E-state index contributed by atoms with van der Waals surface area (Å²) in [6.07, 6.45) is 2.83. The molecule has 6 nitrogen and oxygen atoms in total. The molecule has 1 saturated heterocycles. The predicted octanol–water partition coefficient (Wildman–Crippen LogP) is 0.755. The van der Waals surface area contributed by atoms with Crippen molar-refractivity contribution in [3.63, 3.8) is 0 Å². The van der Waals surface area contributed by atoms with Crippen LogP contribution >= 0.6 is 33.3 Å². The highest BCUT2D eigenvalue weighted by Crippen LogP contribution is 2.24. The first-order chi connectivity index (χ1) is 7.88. The zero-order chi connectivity index (χ0) is 12.6. The first kappa shape index (κ1) is 13.0. The van der Waals surface area contributed by atoms with E-state index in [1.54, 1.807) is 0 Å². The number of halogens is 2. The second-order valence-corrected chi connectivity index (χ2v) is 7.52. The number of hydrogen-bond acceptors (Lipinski definition) is 5. The molecule has 0 N–H and O–H groups in total. The minimum absolute atomic E-state index is 0.0277. The van der Waals surface area contributed by atoms with Crippen molar-refractivity contribution < 1.29 is 13.2 Å². The molecule has 92 valence electrons. The lowest BCUT2D eigenvalue weighted by Crippen LogP contribution is -2.27. The molecule has 17 heavy (non-hydrogen) atoms. The highest BCUT2D eigenvalue weighted by Gasteiger charge is 2.38. The van der Waals surface area contributed by atoms with Crippen molar-refractivity contribution in [1.29, 1.82) is 0 Å². The second kappa shape index (κ2) is 4.65. The first-order valence-corrected chi connectivity index (χ1v) is 8.04. The van der Waals surface area contributed by atoms with Gasteiger partial charge in [0.15, 0.2) is 5.82 Å². The number of hydrogen-bond donors (Lipinski definition) is 0. The van der Waals surface area contributed by atoms with Crippen LogP contribution in [0, 0.1) is 3.70 Å². The molecular formula is C8H7ClIN3O3S. The molecule has 0 radical (unpaired) electrons. The molecule has 1 aliphatic heterocycles. The van der Waals surface area contributed by atoms with Crippen LogP contribution in [0.25, 0.3) is 0 Å². The van der Waals surface area contributed by atoms with Gasteiger partial charge in [-0.3, -0.25) is 9.69 Å². The summed E-state index contributed by atoms with van der Waals surface area (Å²) < 4.78 is 23.0. The van der Waals surface area contributed by atoms with Gasteiger partial charge in [-0.1, -0.05) is 0 Å². The number of rotatable bonds is 2. The normalized spacial score (nSPS) is 20.9. The lowest BCUT2D eigenvalue weighted by molar-refractivity contribution is -0.117. The average Bonchev–Trinajstić information content (AvgIpc) is 2.61. The Balaban J connectivity index is 2.24. The molecule has 1 amide bonds. The van der Waals surface area contributed by atoms with Crippen molar-refractivity contribution in [2.45, 2.75) is 11.7 Å². The molecule has 0 aliphatic carbocycles. The van der Waals surface area contributed by atoms with Crippen molar-refractivity contribution >= 4 is 54.0 Å². The van der Waals surface area contributed by atoms with Gasteiger partial charge in [-0.2, -0.15) is 0 Å². The third kappa shape index (κ3) is 2.86. The maximum Gasteiger partial charge on any atom is 0.237 e. The Morgan fingerprint density at radius 1 is 1.41 bits per heavy atom. The first-order valence-electron chi connectivity index (χ1n) is 4.59. The van der Waals surface area contributed by atoms with Crippen LogP contribution in [-0.2, 0) is 13.8 Å². The topological polar surface area (TPSA) is 80.2 Å². The molecule has 9 heteroatoms. The monoisotopic (exact) mass is 387 g/mol. The van der Waals surface area contributed by atoms with Gasteiger partial charge < -0.3 is 0 Å². The summed E-state index contributed by atoms with van der Waals surface area (Å²) in [5, 5.41) is -0.877. The average molecular weight is 388 g/mol. The lowest BCUT2D eigenvalue weighted by atomic mass is 10.4. The van der Waals surface area contributed by atoms with Crippen LogP contribution in [0.1, 0.15) is 6.42 Å². The van der Waals surface area contributed by atoms with Gasteiger partial charge in [0.1, 0.15) is 8.95 Å². The van der Waals surface area contributed by atoms with E-state index < -0.39 is 14.3 Å². The van der Waals surface area contributed by atoms with E-state index in [4.69, 9.17) is 10.7 Å². The standard InChI is InChI=1S/C8H7ClIN3O3S/c9-17(15,16)5-1-8(14)13(4-5)7-3-11-6(10)2-12-7/h2-3,5H,1,4H2. The summed E-state index contributed by atoms with van der Waals surface area (Å²) in [5.74, 6) is 0.0352. The van der Waals surface area contributed by atoms with E-state index in [0.29, 0.717) is 9.52 Å². The summed E-state index contributed by atoms with van der Waals surface area (Å²) in [6.45, 7) is 0.0277. The fourth-order valence-corrected chi connectivity index (χ4v) is 2.84. The van der Waals surface area contributed by atoms with Gasteiger partial charge in [-0.25, -0.2) is 18.4 Å². The van der Waals surface area contributed by atoms with E-state index in [1.165, 1.54) is 17.3 Å². The third-order valence-electron chi connectivity index (χ3n) is 2.37. The number of amides is 1. The molecule has 0 bridgehead atoms. The maximum atomic E-state index is 11.6. The van der Waals surface area contributed by atoms with E-state index >= 15 is 0 Å². The molecule has 1 fully saturated rings. The summed E-state index contributed by atoms with van der Waals surface area (Å²) in [7, 11) is 1.51. The molecule has 1 aliphatic rings. The summed E-state index contributed by atoms with van der Waals surface area (Å²) in [5.41, 5.74) is 0. The Morgan fingerprint density at radius 2 is 2.12 bits per heavy atom. The summed E-state index contributed by atoms with van der Waals surface area (Å²) in [4.78, 5) is 21.0. The maximum absolute atomic E-state index is 11.6. The fourth-order valence-electron chi connectivity index (χ4n) is 1.53.